The number of amides is 2. The summed E-state index contributed by atoms with van der Waals surface area (Å²) in [6, 6.07) is 2.48. The van der Waals surface area contributed by atoms with Crippen LogP contribution in [0.4, 0.5) is 19.3 Å². The van der Waals surface area contributed by atoms with E-state index in [0.29, 0.717) is 13.1 Å². The minimum Gasteiger partial charge on any atom is -0.337 e. The van der Waals surface area contributed by atoms with Crippen molar-refractivity contribution >= 4 is 11.7 Å². The van der Waals surface area contributed by atoms with E-state index in [9.17, 15) is 13.6 Å². The van der Waals surface area contributed by atoms with Crippen molar-refractivity contribution in [3.8, 4) is 0 Å². The molecular weight excluding hydrogens is 240 g/mol. The van der Waals surface area contributed by atoms with Gasteiger partial charge in [0, 0.05) is 19.2 Å². The first-order chi connectivity index (χ1) is 8.52. The third-order valence-electron chi connectivity index (χ3n) is 2.50. The normalized spacial score (nSPS) is 10.5. The number of likely N-dealkylation sites (N-methyl/N-ethyl adjacent to an activating group) is 1. The highest BCUT2D eigenvalue weighted by molar-refractivity contribution is 5.89. The van der Waals surface area contributed by atoms with Crippen LogP contribution in [0.15, 0.2) is 18.2 Å². The summed E-state index contributed by atoms with van der Waals surface area (Å²) < 4.78 is 25.9. The second-order valence-corrected chi connectivity index (χ2v) is 3.90. The maximum Gasteiger partial charge on any atom is 0.319 e. The Labute approximate surface area is 105 Å². The molecular formula is C12H17F2N3O. The van der Waals surface area contributed by atoms with Crippen LogP contribution < -0.4 is 10.6 Å². The zero-order valence-electron chi connectivity index (χ0n) is 10.5. The second-order valence-electron chi connectivity index (χ2n) is 3.90. The van der Waals surface area contributed by atoms with Crippen molar-refractivity contribution in [1.82, 2.24) is 10.2 Å². The second kappa shape index (κ2) is 6.90. The fourth-order valence-electron chi connectivity index (χ4n) is 1.28. The first-order valence-electron chi connectivity index (χ1n) is 5.71. The van der Waals surface area contributed by atoms with Gasteiger partial charge in [-0.25, -0.2) is 13.6 Å². The van der Waals surface area contributed by atoms with Crippen LogP contribution in [0.3, 0.4) is 0 Å². The van der Waals surface area contributed by atoms with Crippen molar-refractivity contribution in [3.05, 3.63) is 29.8 Å². The molecule has 4 nitrogen and oxygen atoms in total. The summed E-state index contributed by atoms with van der Waals surface area (Å²) >= 11 is 0. The molecule has 1 rings (SSSR count). The first-order valence-corrected chi connectivity index (χ1v) is 5.71. The number of hydrogen-bond acceptors (Lipinski definition) is 2. The van der Waals surface area contributed by atoms with E-state index in [1.54, 1.807) is 0 Å². The Balaban J connectivity index is 2.40. The van der Waals surface area contributed by atoms with Gasteiger partial charge in [-0.05, 0) is 25.7 Å². The molecule has 0 bridgehead atoms. The molecule has 0 aromatic heterocycles. The first kappa shape index (κ1) is 14.4. The minimum atomic E-state index is -0.796. The number of anilines is 1. The van der Waals surface area contributed by atoms with Gasteiger partial charge in [-0.2, -0.15) is 0 Å². The average Bonchev–Trinajstić information content (AvgIpc) is 2.32. The van der Waals surface area contributed by atoms with Crippen molar-refractivity contribution in [1.29, 1.82) is 0 Å². The molecule has 2 N–H and O–H groups in total. The summed E-state index contributed by atoms with van der Waals surface area (Å²) in [7, 11) is 1.93. The molecule has 0 saturated heterocycles. The van der Waals surface area contributed by atoms with Gasteiger partial charge in [0.1, 0.15) is 11.6 Å². The summed E-state index contributed by atoms with van der Waals surface area (Å²) in [4.78, 5) is 13.4. The highest BCUT2D eigenvalue weighted by Crippen LogP contribution is 2.14. The molecule has 0 aliphatic carbocycles. The molecule has 1 aromatic carbocycles. The Morgan fingerprint density at radius 3 is 2.72 bits per heavy atom. The van der Waals surface area contributed by atoms with Gasteiger partial charge < -0.3 is 15.5 Å². The quantitative estimate of drug-likeness (QED) is 0.847. The molecule has 6 heteroatoms. The van der Waals surface area contributed by atoms with Crippen LogP contribution in [0, 0.1) is 11.6 Å². The Kier molecular flexibility index (Phi) is 5.51. The maximum atomic E-state index is 13.2. The van der Waals surface area contributed by atoms with Gasteiger partial charge in [0.15, 0.2) is 0 Å². The topological polar surface area (TPSA) is 44.4 Å². The van der Waals surface area contributed by atoms with Crippen LogP contribution >= 0.6 is 0 Å². The highest BCUT2D eigenvalue weighted by atomic mass is 19.1. The number of hydrogen-bond donors (Lipinski definition) is 2. The lowest BCUT2D eigenvalue weighted by molar-refractivity contribution is 0.249. The number of rotatable bonds is 5. The van der Waals surface area contributed by atoms with Crippen molar-refractivity contribution in [2.75, 3.05) is 32.0 Å². The van der Waals surface area contributed by atoms with E-state index in [-0.39, 0.29) is 5.69 Å². The van der Waals surface area contributed by atoms with E-state index in [4.69, 9.17) is 0 Å². The molecule has 0 radical (unpaired) electrons. The van der Waals surface area contributed by atoms with Gasteiger partial charge >= 0.3 is 6.03 Å². The number of urea groups is 1. The van der Waals surface area contributed by atoms with Crippen LogP contribution in [0.25, 0.3) is 0 Å². The summed E-state index contributed by atoms with van der Waals surface area (Å²) in [5, 5.41) is 4.91. The third kappa shape index (κ3) is 4.67. The Morgan fingerprint density at radius 1 is 1.39 bits per heavy atom. The molecule has 18 heavy (non-hydrogen) atoms. The Morgan fingerprint density at radius 2 is 2.11 bits per heavy atom. The van der Waals surface area contributed by atoms with Gasteiger partial charge in [-0.1, -0.05) is 6.92 Å². The molecule has 0 heterocycles. The maximum absolute atomic E-state index is 13.2. The summed E-state index contributed by atoms with van der Waals surface area (Å²) in [5.74, 6) is -1.47. The number of benzene rings is 1. The highest BCUT2D eigenvalue weighted by Gasteiger charge is 2.07. The fourth-order valence-corrected chi connectivity index (χ4v) is 1.28. The Bertz CT molecular complexity index is 412. The molecule has 0 atom stereocenters. The number of nitrogens with zero attached hydrogens (tertiary/aromatic N) is 1. The smallest absolute Gasteiger partial charge is 0.319 e. The number of nitrogens with one attached hydrogen (secondary N) is 2. The largest absolute Gasteiger partial charge is 0.337 e. The van der Waals surface area contributed by atoms with Gasteiger partial charge in [0.25, 0.3) is 0 Å². The lowest BCUT2D eigenvalue weighted by atomic mass is 10.3. The van der Waals surface area contributed by atoms with Crippen LogP contribution in [0.5, 0.6) is 0 Å². The zero-order valence-corrected chi connectivity index (χ0v) is 10.5. The van der Waals surface area contributed by atoms with Crippen LogP contribution in [-0.4, -0.2) is 37.6 Å². The van der Waals surface area contributed by atoms with Crippen molar-refractivity contribution in [2.45, 2.75) is 6.92 Å². The molecule has 0 fully saturated rings. The van der Waals surface area contributed by atoms with Crippen LogP contribution in [0.2, 0.25) is 0 Å². The SMILES string of the molecule is CCN(C)CCNC(=O)Nc1ccc(F)cc1F. The molecule has 2 amide bonds. The van der Waals surface area contributed by atoms with E-state index in [0.717, 1.165) is 18.7 Å². The van der Waals surface area contributed by atoms with Gasteiger partial charge in [0.05, 0.1) is 5.69 Å². The molecule has 0 spiro atoms. The van der Waals surface area contributed by atoms with Crippen molar-refractivity contribution in [3.63, 3.8) is 0 Å². The molecule has 0 unspecified atom stereocenters. The molecule has 0 aliphatic heterocycles. The monoisotopic (exact) mass is 257 g/mol. The lowest BCUT2D eigenvalue weighted by Gasteiger charge is -2.14. The van der Waals surface area contributed by atoms with Crippen molar-refractivity contribution < 1.29 is 13.6 Å². The van der Waals surface area contributed by atoms with E-state index < -0.39 is 17.7 Å². The van der Waals surface area contributed by atoms with Crippen molar-refractivity contribution in [2.24, 2.45) is 0 Å². The van der Waals surface area contributed by atoms with E-state index in [2.05, 4.69) is 10.6 Å². The molecule has 1 aromatic rings. The average molecular weight is 257 g/mol. The van der Waals surface area contributed by atoms with Crippen LogP contribution in [0.1, 0.15) is 6.92 Å². The summed E-state index contributed by atoms with van der Waals surface area (Å²) in [6.45, 7) is 4.05. The predicted molar refractivity (Wildman–Crippen MR) is 66.6 cm³/mol. The molecule has 0 aliphatic rings. The lowest BCUT2D eigenvalue weighted by Crippen LogP contribution is -2.35. The molecule has 0 saturated carbocycles. The summed E-state index contributed by atoms with van der Waals surface area (Å²) in [5.41, 5.74) is -0.0438. The van der Waals surface area contributed by atoms with E-state index in [1.165, 1.54) is 6.07 Å². The zero-order chi connectivity index (χ0) is 13.5. The van der Waals surface area contributed by atoms with Gasteiger partial charge in [0.2, 0.25) is 0 Å². The fraction of sp³-hybridized carbons (Fsp3) is 0.417. The van der Waals surface area contributed by atoms with E-state index in [1.807, 2.05) is 18.9 Å². The molecule has 100 valence electrons. The van der Waals surface area contributed by atoms with Gasteiger partial charge in [-0.3, -0.25) is 0 Å². The number of halogens is 2. The minimum absolute atomic E-state index is 0.0438. The predicted octanol–water partition coefficient (Wildman–Crippen LogP) is 2.04. The summed E-state index contributed by atoms with van der Waals surface area (Å²) in [6.07, 6.45) is 0. The van der Waals surface area contributed by atoms with Gasteiger partial charge in [-0.15, -0.1) is 0 Å². The van der Waals surface area contributed by atoms with E-state index >= 15 is 0 Å². The number of carbonyl (C=O) groups excluding carboxylic acids is 1. The standard InChI is InChI=1S/C12H17F2N3O/c1-3-17(2)7-6-15-12(18)16-11-5-4-9(13)8-10(11)14/h4-5,8H,3,6-7H2,1-2H3,(H2,15,16,18). The third-order valence-corrected chi connectivity index (χ3v) is 2.50. The van der Waals surface area contributed by atoms with Crippen LogP contribution in [-0.2, 0) is 0 Å². The Hall–Kier alpha value is -1.69. The number of carbonyl (C=O) groups is 1.